The van der Waals surface area contributed by atoms with E-state index in [4.69, 9.17) is 0 Å². The van der Waals surface area contributed by atoms with Gasteiger partial charge < -0.3 is 24.8 Å². The van der Waals surface area contributed by atoms with Crippen LogP contribution in [0.5, 0.6) is 5.75 Å². The summed E-state index contributed by atoms with van der Waals surface area (Å²) in [5.41, 5.74) is 3.50. The number of nitrogens with zero attached hydrogens (tertiary/aromatic N) is 5. The van der Waals surface area contributed by atoms with E-state index in [1.165, 1.54) is 0 Å². The van der Waals surface area contributed by atoms with Crippen LogP contribution in [0.1, 0.15) is 30.9 Å². The molecule has 10 nitrogen and oxygen atoms in total. The Balaban J connectivity index is 1.12. The molecular formula is C34H36Br2N6O4. The molecule has 240 valence electrons. The zero-order valence-corrected chi connectivity index (χ0v) is 28.5. The molecule has 0 aliphatic carbocycles. The highest BCUT2D eigenvalue weighted by atomic mass is 79.9. The first kappa shape index (κ1) is 32.1. The molecule has 2 aliphatic heterocycles. The van der Waals surface area contributed by atoms with E-state index in [1.54, 1.807) is 29.1 Å². The Morgan fingerprint density at radius 1 is 0.913 bits per heavy atom. The number of H-pyrrole nitrogens is 1. The molecule has 2 fully saturated rings. The van der Waals surface area contributed by atoms with E-state index < -0.39 is 5.92 Å². The Morgan fingerprint density at radius 3 is 2.22 bits per heavy atom. The Labute approximate surface area is 284 Å². The highest BCUT2D eigenvalue weighted by Crippen LogP contribution is 2.35. The predicted molar refractivity (Wildman–Crippen MR) is 184 cm³/mol. The molecule has 0 bridgehead atoms. The molecule has 2 aromatic carbocycles. The molecule has 0 unspecified atom stereocenters. The van der Waals surface area contributed by atoms with E-state index in [0.29, 0.717) is 67.5 Å². The van der Waals surface area contributed by atoms with Gasteiger partial charge in [0.15, 0.2) is 0 Å². The van der Waals surface area contributed by atoms with Crippen molar-refractivity contribution in [3.63, 3.8) is 0 Å². The lowest BCUT2D eigenvalue weighted by Gasteiger charge is -2.38. The van der Waals surface area contributed by atoms with Gasteiger partial charge in [-0.25, -0.2) is 4.79 Å². The zero-order valence-electron chi connectivity index (χ0n) is 25.3. The maximum absolute atomic E-state index is 14.0. The van der Waals surface area contributed by atoms with Crippen LogP contribution in [-0.4, -0.2) is 80.5 Å². The molecule has 12 heteroatoms. The lowest BCUT2D eigenvalue weighted by molar-refractivity contribution is -0.142. The first-order chi connectivity index (χ1) is 22.3. The fourth-order valence-corrected chi connectivity index (χ4v) is 7.73. The fraction of sp³-hybridized carbons (Fsp3) is 0.353. The number of anilines is 1. The first-order valence-electron chi connectivity index (χ1n) is 15.5. The maximum atomic E-state index is 14.0. The molecule has 1 atom stereocenters. The van der Waals surface area contributed by atoms with Gasteiger partial charge in [-0.1, -0.05) is 30.3 Å². The number of phenols is 1. The van der Waals surface area contributed by atoms with E-state index in [1.807, 2.05) is 58.5 Å². The summed E-state index contributed by atoms with van der Waals surface area (Å²) in [6, 6.07) is 17.3. The maximum Gasteiger partial charge on any atom is 0.326 e. The Bertz CT molecular complexity index is 1710. The van der Waals surface area contributed by atoms with Crippen LogP contribution in [0.4, 0.5) is 5.69 Å². The van der Waals surface area contributed by atoms with Gasteiger partial charge in [-0.05, 0) is 86.5 Å². The molecule has 4 aromatic rings. The van der Waals surface area contributed by atoms with Crippen LogP contribution in [0, 0.1) is 5.92 Å². The highest BCUT2D eigenvalue weighted by molar-refractivity contribution is 9.11. The molecule has 4 heterocycles. The molecule has 2 amide bonds. The van der Waals surface area contributed by atoms with E-state index in [0.717, 1.165) is 22.5 Å². The van der Waals surface area contributed by atoms with Crippen LogP contribution in [-0.2, 0) is 16.0 Å². The van der Waals surface area contributed by atoms with E-state index >= 15 is 0 Å². The fourth-order valence-electron chi connectivity index (χ4n) is 6.44. The highest BCUT2D eigenvalue weighted by Gasteiger charge is 2.33. The van der Waals surface area contributed by atoms with Gasteiger partial charge in [-0.2, -0.15) is 0 Å². The monoisotopic (exact) mass is 750 g/mol. The van der Waals surface area contributed by atoms with Gasteiger partial charge >= 0.3 is 5.69 Å². The summed E-state index contributed by atoms with van der Waals surface area (Å²) in [4.78, 5) is 53.5. The van der Waals surface area contributed by atoms with Crippen LogP contribution >= 0.6 is 31.9 Å². The first-order valence-corrected chi connectivity index (χ1v) is 17.1. The number of amides is 2. The number of carbonyl (C=O) groups is 2. The van der Waals surface area contributed by atoms with E-state index in [2.05, 4.69) is 46.7 Å². The van der Waals surface area contributed by atoms with Gasteiger partial charge in [0.1, 0.15) is 5.75 Å². The van der Waals surface area contributed by atoms with Crippen molar-refractivity contribution in [2.24, 2.45) is 5.92 Å². The zero-order chi connectivity index (χ0) is 32.2. The number of phenolic OH excluding ortho intramolecular Hbond substituents is 1. The third-order valence-electron chi connectivity index (χ3n) is 8.99. The van der Waals surface area contributed by atoms with Gasteiger partial charge in [-0.15, -0.1) is 0 Å². The van der Waals surface area contributed by atoms with Crippen molar-refractivity contribution in [1.29, 1.82) is 0 Å². The number of aromatic hydroxyl groups is 1. The number of piperazine rings is 1. The molecular weight excluding hydrogens is 716 g/mol. The molecule has 0 spiro atoms. The molecule has 2 aliphatic rings. The SMILES string of the molecule is O=C(C[C@@H](Cc1cc(Br)c(O)c(Br)c1)C(=O)N1CCN(c2ccncc2)CC1)N1CCC(n2cc(-c3ccccc3)[nH]c2=O)CC1. The summed E-state index contributed by atoms with van der Waals surface area (Å²) >= 11 is 6.80. The number of halogens is 2. The largest absolute Gasteiger partial charge is 0.506 e. The van der Waals surface area contributed by atoms with E-state index in [-0.39, 0.29) is 35.7 Å². The lowest BCUT2D eigenvalue weighted by atomic mass is 9.93. The molecule has 6 rings (SSSR count). The molecule has 2 N–H and O–H groups in total. The van der Waals surface area contributed by atoms with Gasteiger partial charge in [0, 0.05) is 76.0 Å². The quantitative estimate of drug-likeness (QED) is 0.255. The van der Waals surface area contributed by atoms with Crippen LogP contribution in [0.2, 0.25) is 0 Å². The van der Waals surface area contributed by atoms with E-state index in [9.17, 15) is 19.5 Å². The number of likely N-dealkylation sites (tertiary alicyclic amines) is 1. The predicted octanol–water partition coefficient (Wildman–Crippen LogP) is 5.23. The topological polar surface area (TPSA) is 115 Å². The van der Waals surface area contributed by atoms with Crippen molar-refractivity contribution in [2.45, 2.75) is 31.7 Å². The minimum Gasteiger partial charge on any atom is -0.506 e. The number of imidazole rings is 1. The number of piperidine rings is 1. The summed E-state index contributed by atoms with van der Waals surface area (Å²) in [5.74, 6) is -0.558. The van der Waals surface area contributed by atoms with Crippen molar-refractivity contribution in [1.82, 2.24) is 24.3 Å². The minimum atomic E-state index is -0.554. The second-order valence-corrected chi connectivity index (χ2v) is 13.6. The Hall–Kier alpha value is -3.90. The number of rotatable bonds is 8. The second kappa shape index (κ2) is 14.3. The minimum absolute atomic E-state index is 0.00826. The normalized spacial score (nSPS) is 16.4. The third-order valence-corrected chi connectivity index (χ3v) is 10.2. The average Bonchev–Trinajstić information content (AvgIpc) is 3.48. The second-order valence-electron chi connectivity index (χ2n) is 11.9. The van der Waals surface area contributed by atoms with Crippen LogP contribution in [0.3, 0.4) is 0 Å². The van der Waals surface area contributed by atoms with Gasteiger partial charge in [0.25, 0.3) is 0 Å². The molecule has 0 radical (unpaired) electrons. The molecule has 46 heavy (non-hydrogen) atoms. The summed E-state index contributed by atoms with van der Waals surface area (Å²) in [7, 11) is 0. The lowest BCUT2D eigenvalue weighted by Crippen LogP contribution is -2.51. The molecule has 2 saturated heterocycles. The van der Waals surface area contributed by atoms with Crippen LogP contribution in [0.25, 0.3) is 11.3 Å². The van der Waals surface area contributed by atoms with Gasteiger partial charge in [-0.3, -0.25) is 19.1 Å². The van der Waals surface area contributed by atoms with Crippen molar-refractivity contribution in [3.05, 3.63) is 98.2 Å². The third kappa shape index (κ3) is 7.23. The summed E-state index contributed by atoms with van der Waals surface area (Å²) in [6.07, 6.45) is 7.18. The molecule has 2 aromatic heterocycles. The summed E-state index contributed by atoms with van der Waals surface area (Å²) in [5, 5.41) is 10.2. The van der Waals surface area contributed by atoms with Crippen LogP contribution < -0.4 is 10.6 Å². The standard InChI is InChI=1S/C34H36Br2N6O4/c35-28-19-23(20-29(36)32(28)44)18-25(33(45)41-16-14-39(15-17-41)26-6-10-37-11-7-26)21-31(43)40-12-8-27(9-13-40)42-22-30(38-34(42)46)24-4-2-1-3-5-24/h1-7,10-11,19-20,22,25,27,44H,8-9,12-18,21H2,(H,38,46)/t25-/m1/s1. The van der Waals surface area contributed by atoms with Gasteiger partial charge in [0.05, 0.1) is 20.6 Å². The van der Waals surface area contributed by atoms with Crippen LogP contribution in [0.15, 0.2) is 86.9 Å². The number of pyridine rings is 1. The number of hydrogen-bond donors (Lipinski definition) is 2. The van der Waals surface area contributed by atoms with Crippen molar-refractivity contribution in [2.75, 3.05) is 44.2 Å². The van der Waals surface area contributed by atoms with Crippen molar-refractivity contribution >= 4 is 49.4 Å². The number of carbonyl (C=O) groups excluding carboxylic acids is 2. The Morgan fingerprint density at radius 2 is 1.57 bits per heavy atom. The van der Waals surface area contributed by atoms with Crippen molar-refractivity contribution in [3.8, 4) is 17.0 Å². The number of benzene rings is 2. The molecule has 0 saturated carbocycles. The van der Waals surface area contributed by atoms with Crippen molar-refractivity contribution < 1.29 is 14.7 Å². The smallest absolute Gasteiger partial charge is 0.326 e. The number of hydrogen-bond acceptors (Lipinski definition) is 6. The van der Waals surface area contributed by atoms with Gasteiger partial charge in [0.2, 0.25) is 11.8 Å². The average molecular weight is 753 g/mol. The Kier molecular flexibility index (Phi) is 9.93. The number of aromatic amines is 1. The number of aromatic nitrogens is 3. The summed E-state index contributed by atoms with van der Waals surface area (Å²) < 4.78 is 2.80. The summed E-state index contributed by atoms with van der Waals surface area (Å²) in [6.45, 7) is 3.57. The number of nitrogens with one attached hydrogen (secondary N) is 1.